The van der Waals surface area contributed by atoms with E-state index in [4.69, 9.17) is 10.00 Å². The Morgan fingerprint density at radius 2 is 1.89 bits per heavy atom. The van der Waals surface area contributed by atoms with Crippen LogP contribution in [-0.4, -0.2) is 15.7 Å². The number of carbonyl (C=O) groups is 1. The highest BCUT2D eigenvalue weighted by molar-refractivity contribution is 5.89. The van der Waals surface area contributed by atoms with Gasteiger partial charge in [-0.15, -0.1) is 0 Å². The van der Waals surface area contributed by atoms with Crippen molar-refractivity contribution in [2.24, 2.45) is 0 Å². The average Bonchev–Trinajstić information content (AvgIpc) is 3.30. The Hall–Kier alpha value is -3.46. The van der Waals surface area contributed by atoms with Gasteiger partial charge in [0.1, 0.15) is 12.4 Å². The van der Waals surface area contributed by atoms with E-state index < -0.39 is 5.97 Å². The third-order valence-electron chi connectivity index (χ3n) is 4.65. The van der Waals surface area contributed by atoms with Crippen molar-refractivity contribution in [2.45, 2.75) is 25.9 Å². The van der Waals surface area contributed by atoms with Gasteiger partial charge in [0.15, 0.2) is 5.69 Å². The molecule has 0 spiro atoms. The minimum absolute atomic E-state index is 0.114. The first-order chi connectivity index (χ1) is 13.2. The zero-order chi connectivity index (χ0) is 18.8. The number of halogens is 1. The fourth-order valence-electron chi connectivity index (χ4n) is 3.29. The van der Waals surface area contributed by atoms with E-state index in [0.717, 1.165) is 41.8 Å². The van der Waals surface area contributed by atoms with Crippen molar-refractivity contribution in [3.63, 3.8) is 0 Å². The van der Waals surface area contributed by atoms with Crippen LogP contribution in [-0.2, 0) is 24.2 Å². The van der Waals surface area contributed by atoms with Gasteiger partial charge in [0.2, 0.25) is 0 Å². The molecule has 27 heavy (non-hydrogen) atoms. The van der Waals surface area contributed by atoms with Crippen LogP contribution in [0.4, 0.5) is 4.39 Å². The molecule has 1 aliphatic rings. The maximum absolute atomic E-state index is 13.2. The van der Waals surface area contributed by atoms with Crippen LogP contribution in [0.2, 0.25) is 0 Å². The van der Waals surface area contributed by atoms with Gasteiger partial charge in [0.05, 0.1) is 17.3 Å². The summed E-state index contributed by atoms with van der Waals surface area (Å²) in [7, 11) is 0. The largest absolute Gasteiger partial charge is 0.456 e. The van der Waals surface area contributed by atoms with E-state index in [1.54, 1.807) is 41.1 Å². The summed E-state index contributed by atoms with van der Waals surface area (Å²) in [6.07, 6.45) is 2.55. The van der Waals surface area contributed by atoms with Gasteiger partial charge in [-0.3, -0.25) is 0 Å². The molecule has 0 atom stereocenters. The van der Waals surface area contributed by atoms with Crippen LogP contribution in [0.25, 0.3) is 5.69 Å². The number of nitriles is 1. The summed E-state index contributed by atoms with van der Waals surface area (Å²) in [5.74, 6) is -0.789. The molecule has 1 aromatic heterocycles. The zero-order valence-electron chi connectivity index (χ0n) is 14.5. The molecule has 0 bridgehead atoms. The normalized spacial score (nSPS) is 12.4. The van der Waals surface area contributed by atoms with Crippen molar-refractivity contribution in [3.05, 3.63) is 82.4 Å². The van der Waals surface area contributed by atoms with E-state index in [-0.39, 0.29) is 12.4 Å². The molecule has 0 saturated carbocycles. The number of carbonyl (C=O) groups excluding carboxylic acids is 1. The van der Waals surface area contributed by atoms with Crippen molar-refractivity contribution in [1.82, 2.24) is 9.78 Å². The number of aromatic nitrogens is 2. The Balaban J connectivity index is 1.56. The quantitative estimate of drug-likeness (QED) is 0.664. The molecule has 0 saturated heterocycles. The summed E-state index contributed by atoms with van der Waals surface area (Å²) in [4.78, 5) is 12.6. The SMILES string of the molecule is N#Cc1ccc(COC(=O)c2nn(-c3ccc(F)cc3)c3c2CCC3)cc1. The molecule has 4 rings (SSSR count). The van der Waals surface area contributed by atoms with Gasteiger partial charge in [-0.25, -0.2) is 13.9 Å². The van der Waals surface area contributed by atoms with Crippen LogP contribution < -0.4 is 0 Å². The predicted octanol–water partition coefficient (Wildman–Crippen LogP) is 3.73. The van der Waals surface area contributed by atoms with Gasteiger partial charge in [-0.2, -0.15) is 10.4 Å². The fourth-order valence-corrected chi connectivity index (χ4v) is 3.29. The van der Waals surface area contributed by atoms with Gasteiger partial charge in [0.25, 0.3) is 0 Å². The molecule has 0 N–H and O–H groups in total. The second-order valence-electron chi connectivity index (χ2n) is 6.40. The lowest BCUT2D eigenvalue weighted by Crippen LogP contribution is -2.09. The minimum Gasteiger partial charge on any atom is -0.456 e. The number of rotatable bonds is 4. The lowest BCUT2D eigenvalue weighted by atomic mass is 10.1. The van der Waals surface area contributed by atoms with Gasteiger partial charge >= 0.3 is 5.97 Å². The highest BCUT2D eigenvalue weighted by Crippen LogP contribution is 2.28. The molecule has 0 aliphatic heterocycles. The minimum atomic E-state index is -0.474. The first kappa shape index (κ1) is 17.0. The molecule has 3 aromatic rings. The Kier molecular flexibility index (Phi) is 4.43. The standard InChI is InChI=1S/C21H16FN3O2/c22-16-8-10-17(11-9-16)25-19-3-1-2-18(19)20(24-25)21(26)27-13-15-6-4-14(12-23)5-7-15/h4-11H,1-3,13H2. The Labute approximate surface area is 155 Å². The first-order valence-corrected chi connectivity index (χ1v) is 8.68. The fraction of sp³-hybridized carbons (Fsp3) is 0.190. The molecule has 0 amide bonds. The maximum atomic E-state index is 13.2. The van der Waals surface area contributed by atoms with E-state index in [9.17, 15) is 9.18 Å². The average molecular weight is 361 g/mol. The van der Waals surface area contributed by atoms with E-state index in [0.29, 0.717) is 11.3 Å². The Bertz CT molecular complexity index is 1030. The van der Waals surface area contributed by atoms with Gasteiger partial charge in [-0.05, 0) is 61.2 Å². The maximum Gasteiger partial charge on any atom is 0.359 e. The molecule has 134 valence electrons. The molecule has 0 unspecified atom stereocenters. The molecular formula is C21H16FN3O2. The van der Waals surface area contributed by atoms with Crippen LogP contribution in [0, 0.1) is 17.1 Å². The van der Waals surface area contributed by atoms with Crippen molar-refractivity contribution >= 4 is 5.97 Å². The molecule has 0 fully saturated rings. The number of nitrogens with zero attached hydrogens (tertiary/aromatic N) is 3. The van der Waals surface area contributed by atoms with E-state index in [1.165, 1.54) is 12.1 Å². The highest BCUT2D eigenvalue weighted by Gasteiger charge is 2.27. The second-order valence-corrected chi connectivity index (χ2v) is 6.40. The van der Waals surface area contributed by atoms with Crippen LogP contribution in [0.15, 0.2) is 48.5 Å². The number of esters is 1. The van der Waals surface area contributed by atoms with Crippen molar-refractivity contribution < 1.29 is 13.9 Å². The summed E-state index contributed by atoms with van der Waals surface area (Å²) in [6.45, 7) is 0.114. The molecular weight excluding hydrogens is 345 g/mol. The summed E-state index contributed by atoms with van der Waals surface area (Å²) < 4.78 is 20.3. The molecule has 5 nitrogen and oxygen atoms in total. The number of ether oxygens (including phenoxy) is 1. The molecule has 0 radical (unpaired) electrons. The topological polar surface area (TPSA) is 67.9 Å². The number of hydrogen-bond donors (Lipinski definition) is 0. The smallest absolute Gasteiger partial charge is 0.359 e. The number of hydrogen-bond acceptors (Lipinski definition) is 4. The first-order valence-electron chi connectivity index (χ1n) is 8.68. The van der Waals surface area contributed by atoms with Crippen LogP contribution in [0.3, 0.4) is 0 Å². The van der Waals surface area contributed by atoms with E-state index in [2.05, 4.69) is 11.2 Å². The predicted molar refractivity (Wildman–Crippen MR) is 95.8 cm³/mol. The van der Waals surface area contributed by atoms with Gasteiger partial charge < -0.3 is 4.74 Å². The number of benzene rings is 2. The summed E-state index contributed by atoms with van der Waals surface area (Å²) in [5.41, 5.74) is 4.29. The second kappa shape index (κ2) is 7.04. The van der Waals surface area contributed by atoms with Crippen LogP contribution in [0.1, 0.15) is 39.3 Å². The van der Waals surface area contributed by atoms with Gasteiger partial charge in [-0.1, -0.05) is 12.1 Å². The third kappa shape index (κ3) is 3.32. The Morgan fingerprint density at radius 1 is 1.15 bits per heavy atom. The zero-order valence-corrected chi connectivity index (χ0v) is 14.5. The molecule has 6 heteroatoms. The highest BCUT2D eigenvalue weighted by atomic mass is 19.1. The lowest BCUT2D eigenvalue weighted by molar-refractivity contribution is 0.0464. The van der Waals surface area contributed by atoms with E-state index in [1.807, 2.05) is 0 Å². The van der Waals surface area contributed by atoms with Crippen molar-refractivity contribution in [1.29, 1.82) is 5.26 Å². The van der Waals surface area contributed by atoms with E-state index >= 15 is 0 Å². The van der Waals surface area contributed by atoms with Crippen LogP contribution in [0.5, 0.6) is 0 Å². The summed E-state index contributed by atoms with van der Waals surface area (Å²) in [5, 5.41) is 13.3. The Morgan fingerprint density at radius 3 is 2.59 bits per heavy atom. The lowest BCUT2D eigenvalue weighted by Gasteiger charge is -2.05. The third-order valence-corrected chi connectivity index (χ3v) is 4.65. The number of fused-ring (bicyclic) bond motifs is 1. The molecule has 2 aromatic carbocycles. The van der Waals surface area contributed by atoms with Crippen molar-refractivity contribution in [3.8, 4) is 11.8 Å². The summed E-state index contributed by atoms with van der Waals surface area (Å²) in [6, 6.07) is 15.0. The summed E-state index contributed by atoms with van der Waals surface area (Å²) >= 11 is 0. The monoisotopic (exact) mass is 361 g/mol. The molecule has 1 heterocycles. The van der Waals surface area contributed by atoms with Gasteiger partial charge in [0, 0.05) is 11.3 Å². The molecule has 1 aliphatic carbocycles. The van der Waals surface area contributed by atoms with Crippen molar-refractivity contribution in [2.75, 3.05) is 0 Å². The van der Waals surface area contributed by atoms with Crippen LogP contribution >= 0.6 is 0 Å².